The van der Waals surface area contributed by atoms with Crippen molar-refractivity contribution in [3.8, 4) is 5.75 Å². The second-order valence-corrected chi connectivity index (χ2v) is 7.67. The molecule has 1 aliphatic heterocycles. The second kappa shape index (κ2) is 8.14. The van der Waals surface area contributed by atoms with Crippen LogP contribution in [0.4, 0.5) is 5.69 Å². The van der Waals surface area contributed by atoms with Crippen molar-refractivity contribution in [3.63, 3.8) is 0 Å². The number of hydrogen-bond acceptors (Lipinski definition) is 6. The van der Waals surface area contributed by atoms with Crippen molar-refractivity contribution >= 4 is 28.6 Å². The Morgan fingerprint density at radius 1 is 1.27 bits per heavy atom. The van der Waals surface area contributed by atoms with E-state index in [1.54, 1.807) is 42.3 Å². The molecule has 8 nitrogen and oxygen atoms in total. The Hall–Kier alpha value is -3.42. The lowest BCUT2D eigenvalue weighted by Gasteiger charge is -2.24. The number of carbonyl (C=O) groups excluding carboxylic acids is 2. The Balaban J connectivity index is 1.53. The minimum Gasteiger partial charge on any atom is -0.497 e. The molecule has 4 rings (SSSR count). The van der Waals surface area contributed by atoms with Gasteiger partial charge < -0.3 is 19.5 Å². The summed E-state index contributed by atoms with van der Waals surface area (Å²) in [6, 6.07) is 8.33. The van der Waals surface area contributed by atoms with Crippen molar-refractivity contribution in [1.29, 1.82) is 0 Å². The quantitative estimate of drug-likeness (QED) is 0.693. The van der Waals surface area contributed by atoms with Gasteiger partial charge in [-0.25, -0.2) is 4.98 Å². The van der Waals surface area contributed by atoms with Gasteiger partial charge in [0.2, 0.25) is 5.91 Å². The number of amides is 2. The highest BCUT2D eigenvalue weighted by Gasteiger charge is 2.35. The summed E-state index contributed by atoms with van der Waals surface area (Å²) >= 11 is 0. The van der Waals surface area contributed by atoms with Crippen LogP contribution in [0.15, 0.2) is 41.1 Å². The van der Waals surface area contributed by atoms with Crippen molar-refractivity contribution in [2.45, 2.75) is 38.6 Å². The SMILES string of the molecule is COc1ccc(NC(=O)C2CCCN2C(=O)c2cnc3onc(C(C)C)c3c2)cc1. The number of nitrogens with zero attached hydrogens (tertiary/aromatic N) is 3. The van der Waals surface area contributed by atoms with Gasteiger partial charge in [0.05, 0.1) is 23.8 Å². The summed E-state index contributed by atoms with van der Waals surface area (Å²) in [5.74, 6) is 0.442. The Kier molecular flexibility index (Phi) is 5.39. The van der Waals surface area contributed by atoms with Crippen LogP contribution in [-0.2, 0) is 4.79 Å². The van der Waals surface area contributed by atoms with E-state index in [1.807, 2.05) is 13.8 Å². The average molecular weight is 408 g/mol. The van der Waals surface area contributed by atoms with Gasteiger partial charge in [-0.15, -0.1) is 0 Å². The van der Waals surface area contributed by atoms with E-state index in [2.05, 4.69) is 15.5 Å². The lowest BCUT2D eigenvalue weighted by atomic mass is 10.1. The molecule has 1 fully saturated rings. The van der Waals surface area contributed by atoms with Gasteiger partial charge in [0.25, 0.3) is 11.6 Å². The number of nitrogens with one attached hydrogen (secondary N) is 1. The highest BCUT2D eigenvalue weighted by molar-refractivity contribution is 6.02. The van der Waals surface area contributed by atoms with Crippen molar-refractivity contribution in [2.75, 3.05) is 19.0 Å². The normalized spacial score (nSPS) is 16.3. The Morgan fingerprint density at radius 3 is 2.73 bits per heavy atom. The molecule has 30 heavy (non-hydrogen) atoms. The Morgan fingerprint density at radius 2 is 2.03 bits per heavy atom. The lowest BCUT2D eigenvalue weighted by Crippen LogP contribution is -2.43. The smallest absolute Gasteiger partial charge is 0.257 e. The van der Waals surface area contributed by atoms with Crippen molar-refractivity contribution in [1.82, 2.24) is 15.0 Å². The number of fused-ring (bicyclic) bond motifs is 1. The third-order valence-electron chi connectivity index (χ3n) is 5.33. The molecular formula is C22H24N4O4. The summed E-state index contributed by atoms with van der Waals surface area (Å²) in [6.07, 6.45) is 2.87. The van der Waals surface area contributed by atoms with Gasteiger partial charge in [-0.05, 0) is 49.1 Å². The highest BCUT2D eigenvalue weighted by Crippen LogP contribution is 2.27. The van der Waals surface area contributed by atoms with Gasteiger partial charge >= 0.3 is 0 Å². The monoisotopic (exact) mass is 408 g/mol. The number of rotatable bonds is 5. The zero-order chi connectivity index (χ0) is 21.3. The molecule has 0 aliphatic carbocycles. The first-order valence-corrected chi connectivity index (χ1v) is 9.99. The first kappa shape index (κ1) is 19.9. The zero-order valence-electron chi connectivity index (χ0n) is 17.2. The van der Waals surface area contributed by atoms with E-state index in [1.165, 1.54) is 6.20 Å². The number of anilines is 1. The molecule has 3 aromatic rings. The number of carbonyl (C=O) groups is 2. The molecule has 0 radical (unpaired) electrons. The van der Waals surface area contributed by atoms with Gasteiger partial charge in [-0.1, -0.05) is 19.0 Å². The first-order valence-electron chi connectivity index (χ1n) is 9.99. The maximum atomic E-state index is 13.2. The molecule has 156 valence electrons. The summed E-state index contributed by atoms with van der Waals surface area (Å²) in [7, 11) is 1.59. The van der Waals surface area contributed by atoms with Crippen molar-refractivity contribution < 1.29 is 18.8 Å². The molecule has 0 spiro atoms. The predicted octanol–water partition coefficient (Wildman–Crippen LogP) is 3.60. The third-order valence-corrected chi connectivity index (χ3v) is 5.33. The summed E-state index contributed by atoms with van der Waals surface area (Å²) < 4.78 is 10.4. The molecule has 1 atom stereocenters. The average Bonchev–Trinajstić information content (AvgIpc) is 3.40. The van der Waals surface area contributed by atoms with Crippen molar-refractivity contribution in [2.24, 2.45) is 0 Å². The zero-order valence-corrected chi connectivity index (χ0v) is 17.2. The second-order valence-electron chi connectivity index (χ2n) is 7.67. The van der Waals surface area contributed by atoms with E-state index in [4.69, 9.17) is 9.26 Å². The summed E-state index contributed by atoms with van der Waals surface area (Å²) in [5, 5.41) is 7.68. The van der Waals surface area contributed by atoms with Gasteiger partial charge in [-0.3, -0.25) is 9.59 Å². The number of hydrogen-bond donors (Lipinski definition) is 1. The topological polar surface area (TPSA) is 97.6 Å². The molecule has 0 saturated carbocycles. The van der Waals surface area contributed by atoms with E-state index in [0.717, 1.165) is 17.5 Å². The molecule has 1 unspecified atom stereocenters. The summed E-state index contributed by atoms with van der Waals surface area (Å²) in [5.41, 5.74) is 2.26. The molecule has 2 aromatic heterocycles. The maximum absolute atomic E-state index is 13.2. The van der Waals surface area contributed by atoms with E-state index in [-0.39, 0.29) is 17.7 Å². The van der Waals surface area contributed by atoms with Gasteiger partial charge in [0, 0.05) is 18.4 Å². The molecule has 0 bridgehead atoms. The number of ether oxygens (including phenoxy) is 1. The van der Waals surface area contributed by atoms with Crippen LogP contribution in [0.3, 0.4) is 0 Å². The standard InChI is InChI=1S/C22H24N4O4/c1-13(2)19-17-11-14(12-23-21(17)30-25-19)22(28)26-10-4-5-18(26)20(27)24-15-6-8-16(29-3)9-7-15/h6-9,11-13,18H,4-5,10H2,1-3H3,(H,24,27). The van der Waals surface area contributed by atoms with Gasteiger partial charge in [0.1, 0.15) is 11.8 Å². The van der Waals surface area contributed by atoms with Crippen LogP contribution in [0.25, 0.3) is 11.1 Å². The Bertz CT molecular complexity index is 1070. The van der Waals surface area contributed by atoms with Crippen LogP contribution in [0.1, 0.15) is 48.7 Å². The lowest BCUT2D eigenvalue weighted by molar-refractivity contribution is -0.119. The molecule has 1 aliphatic rings. The first-order chi connectivity index (χ1) is 14.5. The number of likely N-dealkylation sites (tertiary alicyclic amines) is 1. The van der Waals surface area contributed by atoms with E-state index < -0.39 is 6.04 Å². The van der Waals surface area contributed by atoms with Crippen LogP contribution >= 0.6 is 0 Å². The fraction of sp³-hybridized carbons (Fsp3) is 0.364. The number of benzene rings is 1. The summed E-state index contributed by atoms with van der Waals surface area (Å²) in [4.78, 5) is 31.9. The van der Waals surface area contributed by atoms with Crippen LogP contribution in [0.5, 0.6) is 5.75 Å². The highest BCUT2D eigenvalue weighted by atomic mass is 16.5. The fourth-order valence-electron chi connectivity index (χ4n) is 3.73. The molecule has 1 aromatic carbocycles. The van der Waals surface area contributed by atoms with Crippen LogP contribution in [-0.4, -0.2) is 46.6 Å². The van der Waals surface area contributed by atoms with Crippen LogP contribution in [0, 0.1) is 0 Å². The largest absolute Gasteiger partial charge is 0.497 e. The molecule has 2 amide bonds. The molecule has 1 N–H and O–H groups in total. The minimum atomic E-state index is -0.526. The molecular weight excluding hydrogens is 384 g/mol. The fourth-order valence-corrected chi connectivity index (χ4v) is 3.73. The van der Waals surface area contributed by atoms with E-state index >= 15 is 0 Å². The van der Waals surface area contributed by atoms with Crippen LogP contribution in [0.2, 0.25) is 0 Å². The van der Waals surface area contributed by atoms with Crippen LogP contribution < -0.4 is 10.1 Å². The summed E-state index contributed by atoms with van der Waals surface area (Å²) in [6.45, 7) is 4.54. The Labute approximate surface area is 174 Å². The molecule has 3 heterocycles. The van der Waals surface area contributed by atoms with Gasteiger partial charge in [0.15, 0.2) is 0 Å². The number of pyridine rings is 1. The van der Waals surface area contributed by atoms with E-state index in [9.17, 15) is 9.59 Å². The number of aromatic nitrogens is 2. The molecule has 1 saturated heterocycles. The predicted molar refractivity (Wildman–Crippen MR) is 112 cm³/mol. The van der Waals surface area contributed by atoms with E-state index in [0.29, 0.717) is 35.7 Å². The van der Waals surface area contributed by atoms with Gasteiger partial charge in [-0.2, -0.15) is 0 Å². The maximum Gasteiger partial charge on any atom is 0.257 e. The minimum absolute atomic E-state index is 0.146. The third kappa shape index (κ3) is 3.72. The van der Waals surface area contributed by atoms with Crippen molar-refractivity contribution in [3.05, 3.63) is 47.8 Å². The molecule has 8 heteroatoms. The number of methoxy groups -OCH3 is 1.